The number of nitro groups is 1. The van der Waals surface area contributed by atoms with E-state index in [1.807, 2.05) is 0 Å². The molecule has 0 aliphatic heterocycles. The van der Waals surface area contributed by atoms with Crippen LogP contribution in [0.2, 0.25) is 0 Å². The quantitative estimate of drug-likeness (QED) is 0.694. The van der Waals surface area contributed by atoms with Crippen molar-refractivity contribution < 1.29 is 23.2 Å². The number of aliphatic hydroxyl groups is 1. The van der Waals surface area contributed by atoms with Gasteiger partial charge < -0.3 is 5.11 Å². The zero-order valence-corrected chi connectivity index (χ0v) is 10.5. The average Bonchev–Trinajstić information content (AvgIpc) is 2.46. The minimum absolute atomic E-state index is 0.0682. The van der Waals surface area contributed by atoms with Crippen LogP contribution in [0.4, 0.5) is 18.9 Å². The van der Waals surface area contributed by atoms with Crippen LogP contribution in [0.5, 0.6) is 0 Å². The Morgan fingerprint density at radius 2 is 1.67 bits per heavy atom. The van der Waals surface area contributed by atoms with E-state index in [4.69, 9.17) is 0 Å². The van der Waals surface area contributed by atoms with E-state index < -0.39 is 22.8 Å². The minimum Gasteiger partial charge on any atom is -0.384 e. The van der Waals surface area contributed by atoms with Gasteiger partial charge in [-0.2, -0.15) is 13.2 Å². The number of aliphatic hydroxyl groups excluding tert-OH is 1. The van der Waals surface area contributed by atoms with E-state index in [9.17, 15) is 28.4 Å². The number of hydrogen-bond donors (Lipinski definition) is 1. The van der Waals surface area contributed by atoms with Crippen LogP contribution in [0, 0.1) is 10.1 Å². The number of nitro benzene ring substituents is 1. The van der Waals surface area contributed by atoms with E-state index in [-0.39, 0.29) is 16.8 Å². The summed E-state index contributed by atoms with van der Waals surface area (Å²) in [5, 5.41) is 20.6. The van der Waals surface area contributed by atoms with Crippen molar-refractivity contribution in [2.24, 2.45) is 0 Å². The van der Waals surface area contributed by atoms with Crippen molar-refractivity contribution in [3.8, 4) is 0 Å². The first-order valence-corrected chi connectivity index (χ1v) is 5.88. The normalized spacial score (nSPS) is 13.0. The van der Waals surface area contributed by atoms with E-state index >= 15 is 0 Å². The van der Waals surface area contributed by atoms with Crippen LogP contribution in [-0.2, 0) is 6.18 Å². The second-order valence-corrected chi connectivity index (χ2v) is 4.37. The molecule has 0 spiro atoms. The molecule has 0 aliphatic rings. The molecular formula is C14H10F3NO3. The zero-order chi connectivity index (χ0) is 15.6. The van der Waals surface area contributed by atoms with Gasteiger partial charge in [0, 0.05) is 12.1 Å². The Balaban J connectivity index is 2.31. The fourth-order valence-electron chi connectivity index (χ4n) is 1.86. The van der Waals surface area contributed by atoms with Crippen molar-refractivity contribution in [2.75, 3.05) is 0 Å². The number of benzene rings is 2. The van der Waals surface area contributed by atoms with Gasteiger partial charge in [-0.05, 0) is 35.4 Å². The fraction of sp³-hybridized carbons (Fsp3) is 0.143. The molecule has 21 heavy (non-hydrogen) atoms. The van der Waals surface area contributed by atoms with E-state index in [0.717, 1.165) is 12.1 Å². The molecule has 0 radical (unpaired) electrons. The first-order chi connectivity index (χ1) is 9.79. The molecule has 0 aliphatic carbocycles. The molecule has 4 nitrogen and oxygen atoms in total. The summed E-state index contributed by atoms with van der Waals surface area (Å²) < 4.78 is 37.9. The van der Waals surface area contributed by atoms with E-state index in [1.54, 1.807) is 0 Å². The van der Waals surface area contributed by atoms with Gasteiger partial charge in [-0.3, -0.25) is 10.1 Å². The second-order valence-electron chi connectivity index (χ2n) is 4.37. The van der Waals surface area contributed by atoms with Gasteiger partial charge in [0.25, 0.3) is 5.69 Å². The molecule has 7 heteroatoms. The number of halogens is 3. The van der Waals surface area contributed by atoms with Crippen LogP contribution in [-0.4, -0.2) is 10.0 Å². The van der Waals surface area contributed by atoms with Crippen LogP contribution in [0.3, 0.4) is 0 Å². The van der Waals surface area contributed by atoms with Crippen LogP contribution in [0.25, 0.3) is 0 Å². The molecule has 1 unspecified atom stereocenters. The van der Waals surface area contributed by atoms with Crippen molar-refractivity contribution in [2.45, 2.75) is 12.3 Å². The maximum Gasteiger partial charge on any atom is 0.416 e. The molecule has 0 saturated carbocycles. The molecule has 0 saturated heterocycles. The van der Waals surface area contributed by atoms with Gasteiger partial charge in [0.05, 0.1) is 10.5 Å². The summed E-state index contributed by atoms with van der Waals surface area (Å²) in [5.74, 6) is 0. The lowest BCUT2D eigenvalue weighted by atomic mass is 9.99. The van der Waals surface area contributed by atoms with Gasteiger partial charge in [-0.15, -0.1) is 0 Å². The molecule has 2 rings (SSSR count). The summed E-state index contributed by atoms with van der Waals surface area (Å²) in [6.45, 7) is 0. The molecule has 110 valence electrons. The first-order valence-electron chi connectivity index (χ1n) is 5.88. The molecule has 0 aromatic heterocycles. The van der Waals surface area contributed by atoms with Gasteiger partial charge in [0.2, 0.25) is 0 Å². The lowest BCUT2D eigenvalue weighted by Gasteiger charge is -2.14. The standard InChI is InChI=1S/C14H10F3NO3/c15-14(16,17)11-3-1-2-10(8-11)13(19)9-4-6-12(7-5-9)18(20)21/h1-8,13,19H. The molecule has 1 atom stereocenters. The Labute approximate surface area is 117 Å². The lowest BCUT2D eigenvalue weighted by molar-refractivity contribution is -0.384. The molecular weight excluding hydrogens is 287 g/mol. The number of non-ortho nitro benzene ring substituents is 1. The van der Waals surface area contributed by atoms with Gasteiger partial charge in [-0.1, -0.05) is 12.1 Å². The highest BCUT2D eigenvalue weighted by Gasteiger charge is 2.31. The Morgan fingerprint density at radius 1 is 1.05 bits per heavy atom. The summed E-state index contributed by atoms with van der Waals surface area (Å²) in [6.07, 6.45) is -5.78. The van der Waals surface area contributed by atoms with Crippen LogP contribution < -0.4 is 0 Å². The maximum absolute atomic E-state index is 12.6. The highest BCUT2D eigenvalue weighted by atomic mass is 19.4. The summed E-state index contributed by atoms with van der Waals surface area (Å²) in [4.78, 5) is 9.93. The molecule has 0 fully saturated rings. The minimum atomic E-state index is -4.49. The lowest BCUT2D eigenvalue weighted by Crippen LogP contribution is -2.07. The van der Waals surface area contributed by atoms with Gasteiger partial charge in [-0.25, -0.2) is 0 Å². The van der Waals surface area contributed by atoms with Crippen LogP contribution in [0.15, 0.2) is 48.5 Å². The molecule has 0 bridgehead atoms. The van der Waals surface area contributed by atoms with E-state index in [2.05, 4.69) is 0 Å². The second kappa shape index (κ2) is 5.53. The average molecular weight is 297 g/mol. The number of rotatable bonds is 3. The van der Waals surface area contributed by atoms with E-state index in [1.165, 1.54) is 36.4 Å². The summed E-state index contributed by atoms with van der Waals surface area (Å²) in [6, 6.07) is 9.32. The SMILES string of the molecule is O=[N+]([O-])c1ccc(C(O)c2cccc(C(F)(F)F)c2)cc1. The van der Waals surface area contributed by atoms with Crippen molar-refractivity contribution in [3.63, 3.8) is 0 Å². The third kappa shape index (κ3) is 3.38. The molecule has 2 aromatic rings. The van der Waals surface area contributed by atoms with Crippen molar-refractivity contribution >= 4 is 5.69 Å². The van der Waals surface area contributed by atoms with Gasteiger partial charge in [0.1, 0.15) is 6.10 Å². The monoisotopic (exact) mass is 297 g/mol. The number of alkyl halides is 3. The fourth-order valence-corrected chi connectivity index (χ4v) is 1.86. The molecule has 0 heterocycles. The van der Waals surface area contributed by atoms with Gasteiger partial charge >= 0.3 is 6.18 Å². The Hall–Kier alpha value is -2.41. The predicted molar refractivity (Wildman–Crippen MR) is 68.6 cm³/mol. The predicted octanol–water partition coefficient (Wildman–Crippen LogP) is 3.70. The van der Waals surface area contributed by atoms with Crippen LogP contribution >= 0.6 is 0 Å². The largest absolute Gasteiger partial charge is 0.416 e. The smallest absolute Gasteiger partial charge is 0.384 e. The van der Waals surface area contributed by atoms with Crippen LogP contribution in [0.1, 0.15) is 22.8 Å². The molecule has 2 aromatic carbocycles. The molecule has 1 N–H and O–H groups in total. The summed E-state index contributed by atoms with van der Waals surface area (Å²) in [5.41, 5.74) is -0.672. The third-order valence-electron chi connectivity index (χ3n) is 2.95. The van der Waals surface area contributed by atoms with Crippen molar-refractivity contribution in [3.05, 3.63) is 75.3 Å². The maximum atomic E-state index is 12.6. The van der Waals surface area contributed by atoms with Crippen molar-refractivity contribution in [1.82, 2.24) is 0 Å². The summed E-state index contributed by atoms with van der Waals surface area (Å²) in [7, 11) is 0. The topological polar surface area (TPSA) is 63.4 Å². The van der Waals surface area contributed by atoms with Crippen molar-refractivity contribution in [1.29, 1.82) is 0 Å². The zero-order valence-electron chi connectivity index (χ0n) is 10.5. The highest BCUT2D eigenvalue weighted by Crippen LogP contribution is 2.32. The number of nitrogens with zero attached hydrogens (tertiary/aromatic N) is 1. The Kier molecular flexibility index (Phi) is 3.95. The first kappa shape index (κ1) is 15.0. The number of hydrogen-bond acceptors (Lipinski definition) is 3. The Bertz CT molecular complexity index is 653. The third-order valence-corrected chi connectivity index (χ3v) is 2.95. The Morgan fingerprint density at radius 3 is 2.19 bits per heavy atom. The summed E-state index contributed by atoms with van der Waals surface area (Å²) >= 11 is 0. The van der Waals surface area contributed by atoms with Gasteiger partial charge in [0.15, 0.2) is 0 Å². The molecule has 0 amide bonds. The highest BCUT2D eigenvalue weighted by molar-refractivity contribution is 5.38. The van der Waals surface area contributed by atoms with E-state index in [0.29, 0.717) is 0 Å².